The highest BCUT2D eigenvalue weighted by molar-refractivity contribution is 7.92. The fourth-order valence-corrected chi connectivity index (χ4v) is 4.17. The lowest BCUT2D eigenvalue weighted by atomic mass is 10.1. The SMILES string of the molecule is CCC(C(=O)NCCOc1ccccc1Cl)N(c1ccc(C)cc1)S(C)(=O)=O. The molecular weight excluding hydrogens is 400 g/mol. The second kappa shape index (κ2) is 9.80. The number of anilines is 1. The number of benzene rings is 2. The molecule has 0 aliphatic carbocycles. The third kappa shape index (κ3) is 5.87. The zero-order valence-corrected chi connectivity index (χ0v) is 17.8. The molecule has 0 heterocycles. The molecule has 0 saturated carbocycles. The summed E-state index contributed by atoms with van der Waals surface area (Å²) in [4.78, 5) is 12.7. The maximum atomic E-state index is 12.7. The van der Waals surface area contributed by atoms with Gasteiger partial charge in [-0.25, -0.2) is 8.42 Å². The number of carbonyl (C=O) groups is 1. The predicted octanol–water partition coefficient (Wildman–Crippen LogP) is 3.39. The molecule has 0 bridgehead atoms. The summed E-state index contributed by atoms with van der Waals surface area (Å²) < 4.78 is 31.5. The topological polar surface area (TPSA) is 75.7 Å². The number of nitrogens with zero attached hydrogens (tertiary/aromatic N) is 1. The first-order valence-corrected chi connectivity index (χ1v) is 11.2. The van der Waals surface area contributed by atoms with Gasteiger partial charge in [-0.2, -0.15) is 0 Å². The van der Waals surface area contributed by atoms with E-state index in [4.69, 9.17) is 16.3 Å². The van der Waals surface area contributed by atoms with E-state index >= 15 is 0 Å². The summed E-state index contributed by atoms with van der Waals surface area (Å²) in [5.41, 5.74) is 1.47. The van der Waals surface area contributed by atoms with Gasteiger partial charge in [-0.3, -0.25) is 9.10 Å². The monoisotopic (exact) mass is 424 g/mol. The molecule has 0 radical (unpaired) electrons. The van der Waals surface area contributed by atoms with Gasteiger partial charge in [0.1, 0.15) is 18.4 Å². The Labute approximate surface area is 171 Å². The summed E-state index contributed by atoms with van der Waals surface area (Å²) in [5, 5.41) is 3.23. The van der Waals surface area contributed by atoms with Gasteiger partial charge in [0, 0.05) is 0 Å². The minimum absolute atomic E-state index is 0.218. The molecule has 0 aliphatic rings. The van der Waals surface area contributed by atoms with E-state index in [1.807, 2.05) is 19.1 Å². The van der Waals surface area contributed by atoms with Crippen LogP contribution in [0.25, 0.3) is 0 Å². The van der Waals surface area contributed by atoms with Gasteiger partial charge in [-0.15, -0.1) is 0 Å². The van der Waals surface area contributed by atoms with Gasteiger partial charge in [0.25, 0.3) is 0 Å². The molecular formula is C20H25ClN2O4S. The van der Waals surface area contributed by atoms with Crippen LogP contribution >= 0.6 is 11.6 Å². The molecule has 8 heteroatoms. The summed E-state index contributed by atoms with van der Waals surface area (Å²) in [6.07, 6.45) is 1.43. The molecule has 2 rings (SSSR count). The number of ether oxygens (including phenoxy) is 1. The highest BCUT2D eigenvalue weighted by Crippen LogP contribution is 2.24. The molecule has 1 amide bonds. The van der Waals surface area contributed by atoms with E-state index in [-0.39, 0.29) is 19.1 Å². The van der Waals surface area contributed by atoms with Crippen molar-refractivity contribution < 1.29 is 17.9 Å². The fraction of sp³-hybridized carbons (Fsp3) is 0.350. The van der Waals surface area contributed by atoms with E-state index in [2.05, 4.69) is 5.32 Å². The van der Waals surface area contributed by atoms with Crippen molar-refractivity contribution in [2.75, 3.05) is 23.7 Å². The van der Waals surface area contributed by atoms with Gasteiger partial charge >= 0.3 is 0 Å². The van der Waals surface area contributed by atoms with Crippen molar-refractivity contribution in [3.8, 4) is 5.75 Å². The van der Waals surface area contributed by atoms with Crippen molar-refractivity contribution in [2.24, 2.45) is 0 Å². The standard InChI is InChI=1S/C20H25ClN2O4S/c1-4-18(23(28(3,25)26)16-11-9-15(2)10-12-16)20(24)22-13-14-27-19-8-6-5-7-17(19)21/h5-12,18H,4,13-14H2,1-3H3,(H,22,24). The molecule has 152 valence electrons. The highest BCUT2D eigenvalue weighted by atomic mass is 35.5. The quantitative estimate of drug-likeness (QED) is 0.626. The zero-order valence-electron chi connectivity index (χ0n) is 16.2. The average Bonchev–Trinajstić information content (AvgIpc) is 2.64. The van der Waals surface area contributed by atoms with Gasteiger partial charge in [-0.1, -0.05) is 48.4 Å². The molecule has 0 aliphatic heterocycles. The minimum atomic E-state index is -3.64. The van der Waals surface area contributed by atoms with Crippen LogP contribution in [-0.4, -0.2) is 39.8 Å². The van der Waals surface area contributed by atoms with E-state index in [0.29, 0.717) is 22.9 Å². The number of hydrogen-bond acceptors (Lipinski definition) is 4. The number of hydrogen-bond donors (Lipinski definition) is 1. The largest absolute Gasteiger partial charge is 0.490 e. The van der Waals surface area contributed by atoms with Crippen LogP contribution in [0.5, 0.6) is 5.75 Å². The predicted molar refractivity (Wildman–Crippen MR) is 113 cm³/mol. The Hall–Kier alpha value is -2.25. The number of halogens is 1. The Balaban J connectivity index is 2.05. The first kappa shape index (κ1) is 22.0. The number of carbonyl (C=O) groups excluding carboxylic acids is 1. The Morgan fingerprint density at radius 1 is 1.18 bits per heavy atom. The summed E-state index contributed by atoms with van der Waals surface area (Å²) in [6, 6.07) is 13.2. The second-order valence-electron chi connectivity index (χ2n) is 6.39. The summed E-state index contributed by atoms with van der Waals surface area (Å²) >= 11 is 6.02. The van der Waals surface area contributed by atoms with E-state index in [1.165, 1.54) is 0 Å². The maximum absolute atomic E-state index is 12.7. The van der Waals surface area contributed by atoms with Crippen LogP contribution in [0.2, 0.25) is 5.02 Å². The second-order valence-corrected chi connectivity index (χ2v) is 8.65. The molecule has 2 aromatic rings. The molecule has 6 nitrogen and oxygen atoms in total. The Kier molecular flexibility index (Phi) is 7.71. The van der Waals surface area contributed by atoms with Crippen molar-refractivity contribution in [1.82, 2.24) is 5.32 Å². The Bertz CT molecular complexity index is 901. The van der Waals surface area contributed by atoms with Crippen molar-refractivity contribution in [2.45, 2.75) is 26.3 Å². The summed E-state index contributed by atoms with van der Waals surface area (Å²) in [7, 11) is -3.64. The van der Waals surface area contributed by atoms with Gasteiger partial charge in [0.15, 0.2) is 0 Å². The van der Waals surface area contributed by atoms with E-state index in [1.54, 1.807) is 43.3 Å². The third-order valence-corrected chi connectivity index (χ3v) is 5.61. The van der Waals surface area contributed by atoms with Crippen LogP contribution in [0.3, 0.4) is 0 Å². The molecule has 0 spiro atoms. The lowest BCUT2D eigenvalue weighted by Crippen LogP contribution is -2.50. The third-order valence-electron chi connectivity index (χ3n) is 4.11. The number of aryl methyl sites for hydroxylation is 1. The molecule has 0 saturated heterocycles. The molecule has 1 unspecified atom stereocenters. The first-order valence-electron chi connectivity index (χ1n) is 8.95. The van der Waals surface area contributed by atoms with Crippen LogP contribution in [0.1, 0.15) is 18.9 Å². The molecule has 1 N–H and O–H groups in total. The number of sulfonamides is 1. The van der Waals surface area contributed by atoms with Crippen LogP contribution in [-0.2, 0) is 14.8 Å². The fourth-order valence-electron chi connectivity index (χ4n) is 2.77. The van der Waals surface area contributed by atoms with Crippen molar-refractivity contribution in [1.29, 1.82) is 0 Å². The number of para-hydroxylation sites is 1. The average molecular weight is 425 g/mol. The summed E-state index contributed by atoms with van der Waals surface area (Å²) in [5.74, 6) is 0.152. The Morgan fingerprint density at radius 3 is 2.39 bits per heavy atom. The zero-order chi connectivity index (χ0) is 20.7. The van der Waals surface area contributed by atoms with Crippen LogP contribution in [0, 0.1) is 6.92 Å². The molecule has 1 atom stereocenters. The van der Waals surface area contributed by atoms with Gasteiger partial charge in [-0.05, 0) is 37.6 Å². The molecule has 0 fully saturated rings. The van der Waals surface area contributed by atoms with Crippen LogP contribution in [0.4, 0.5) is 5.69 Å². The number of rotatable bonds is 9. The van der Waals surface area contributed by atoms with E-state index in [9.17, 15) is 13.2 Å². The highest BCUT2D eigenvalue weighted by Gasteiger charge is 2.31. The van der Waals surface area contributed by atoms with Crippen LogP contribution < -0.4 is 14.4 Å². The smallest absolute Gasteiger partial charge is 0.244 e. The lowest BCUT2D eigenvalue weighted by Gasteiger charge is -2.30. The molecule has 28 heavy (non-hydrogen) atoms. The minimum Gasteiger partial charge on any atom is -0.490 e. The lowest BCUT2D eigenvalue weighted by molar-refractivity contribution is -0.122. The van der Waals surface area contributed by atoms with E-state index < -0.39 is 16.1 Å². The number of amides is 1. The van der Waals surface area contributed by atoms with Crippen molar-refractivity contribution in [3.05, 3.63) is 59.1 Å². The Morgan fingerprint density at radius 2 is 1.82 bits per heavy atom. The maximum Gasteiger partial charge on any atom is 0.244 e. The van der Waals surface area contributed by atoms with Crippen molar-refractivity contribution >= 4 is 33.2 Å². The van der Waals surface area contributed by atoms with E-state index in [0.717, 1.165) is 16.1 Å². The van der Waals surface area contributed by atoms with Gasteiger partial charge in [0.05, 0.1) is 23.5 Å². The van der Waals surface area contributed by atoms with Gasteiger partial charge < -0.3 is 10.1 Å². The normalized spacial score (nSPS) is 12.3. The van der Waals surface area contributed by atoms with Crippen LogP contribution in [0.15, 0.2) is 48.5 Å². The molecule has 0 aromatic heterocycles. The van der Waals surface area contributed by atoms with Crippen molar-refractivity contribution in [3.63, 3.8) is 0 Å². The summed E-state index contributed by atoms with van der Waals surface area (Å²) in [6.45, 7) is 4.13. The van der Waals surface area contributed by atoms with Gasteiger partial charge in [0.2, 0.25) is 15.9 Å². The number of nitrogens with one attached hydrogen (secondary N) is 1. The molecule has 2 aromatic carbocycles. The first-order chi connectivity index (χ1) is 13.2.